The van der Waals surface area contributed by atoms with Gasteiger partial charge >= 0.3 is 0 Å². The maximum absolute atomic E-state index is 4.78. The van der Waals surface area contributed by atoms with Gasteiger partial charge in [0.1, 0.15) is 5.69 Å². The van der Waals surface area contributed by atoms with Crippen LogP contribution < -0.4 is 0 Å². The smallest absolute Gasteiger partial charge is 0.108 e. The largest absolute Gasteiger partial charge is 0.231 e. The van der Waals surface area contributed by atoms with Gasteiger partial charge in [-0.25, -0.2) is 4.52 Å². The fraction of sp³-hybridized carbons (Fsp3) is 0. The van der Waals surface area contributed by atoms with Gasteiger partial charge in [-0.1, -0.05) is 54.6 Å². The number of rotatable bonds is 1. The van der Waals surface area contributed by atoms with E-state index in [1.54, 1.807) is 0 Å². The van der Waals surface area contributed by atoms with E-state index in [2.05, 4.69) is 52.3 Å². The molecule has 0 amide bonds. The minimum Gasteiger partial charge on any atom is -0.231 e. The molecule has 2 heterocycles. The van der Waals surface area contributed by atoms with Crippen LogP contribution in [0.2, 0.25) is 0 Å². The summed E-state index contributed by atoms with van der Waals surface area (Å²) < 4.78 is 3.04. The lowest BCUT2D eigenvalue weighted by atomic mass is 10.1. The van der Waals surface area contributed by atoms with E-state index in [1.807, 2.05) is 34.8 Å². The highest BCUT2D eigenvalue weighted by Gasteiger charge is 2.13. The number of hydrogen-bond acceptors (Lipinski definition) is 1. The molecule has 0 spiro atoms. The molecule has 2 aromatic heterocycles. The van der Waals surface area contributed by atoms with Gasteiger partial charge in [0.15, 0.2) is 0 Å². The summed E-state index contributed by atoms with van der Waals surface area (Å²) in [5.41, 5.74) is 4.30. The first kappa shape index (κ1) is 11.7. The fourth-order valence-electron chi connectivity index (χ4n) is 2.51. The highest BCUT2D eigenvalue weighted by molar-refractivity contribution is 9.10. The van der Waals surface area contributed by atoms with E-state index in [0.29, 0.717) is 0 Å². The van der Waals surface area contributed by atoms with Crippen LogP contribution in [0.5, 0.6) is 0 Å². The van der Waals surface area contributed by atoms with Gasteiger partial charge in [-0.15, -0.1) is 0 Å². The summed E-state index contributed by atoms with van der Waals surface area (Å²) in [5.74, 6) is 0. The number of fused-ring (bicyclic) bond motifs is 3. The molecule has 0 saturated heterocycles. The Balaban J connectivity index is 2.10. The highest BCUT2D eigenvalue weighted by atomic mass is 79.9. The van der Waals surface area contributed by atoms with Gasteiger partial charge in [0, 0.05) is 10.9 Å². The van der Waals surface area contributed by atoms with Crippen LogP contribution in [0.15, 0.2) is 71.2 Å². The van der Waals surface area contributed by atoms with Crippen LogP contribution in [-0.4, -0.2) is 9.61 Å². The third-order valence-corrected chi connectivity index (χ3v) is 4.28. The molecule has 20 heavy (non-hydrogen) atoms. The molecule has 0 bridgehead atoms. The van der Waals surface area contributed by atoms with Crippen molar-refractivity contribution < 1.29 is 0 Å². The summed E-state index contributed by atoms with van der Waals surface area (Å²) in [7, 11) is 0. The monoisotopic (exact) mass is 322 g/mol. The number of hydrogen-bond donors (Lipinski definition) is 0. The van der Waals surface area contributed by atoms with Crippen molar-refractivity contribution in [3.8, 4) is 11.3 Å². The Morgan fingerprint density at radius 3 is 2.35 bits per heavy atom. The Morgan fingerprint density at radius 1 is 0.750 bits per heavy atom. The standard InChI is InChI=1S/C17H11BrN2/c18-16-15-11-10-12-6-4-5-9-14(12)20(15)19-17(16)13-7-2-1-3-8-13/h1-11H. The molecule has 0 unspecified atom stereocenters. The molecule has 0 fully saturated rings. The Hall–Kier alpha value is -2.13. The van der Waals surface area contributed by atoms with Crippen LogP contribution in [0.3, 0.4) is 0 Å². The van der Waals surface area contributed by atoms with Crippen molar-refractivity contribution in [2.75, 3.05) is 0 Å². The van der Waals surface area contributed by atoms with E-state index in [1.165, 1.54) is 5.39 Å². The molecule has 2 aromatic carbocycles. The second-order valence-electron chi connectivity index (χ2n) is 4.72. The third-order valence-electron chi connectivity index (χ3n) is 3.49. The van der Waals surface area contributed by atoms with Crippen LogP contribution in [-0.2, 0) is 0 Å². The Kier molecular flexibility index (Phi) is 2.60. The lowest BCUT2D eigenvalue weighted by Crippen LogP contribution is -1.89. The maximum atomic E-state index is 4.78. The highest BCUT2D eigenvalue weighted by Crippen LogP contribution is 2.32. The minimum atomic E-state index is 0.974. The van der Waals surface area contributed by atoms with Crippen molar-refractivity contribution in [2.24, 2.45) is 0 Å². The predicted octanol–water partition coefficient (Wildman–Crippen LogP) is 4.92. The molecule has 2 nitrogen and oxygen atoms in total. The van der Waals surface area contributed by atoms with Crippen molar-refractivity contribution in [1.82, 2.24) is 9.61 Å². The Labute approximate surface area is 124 Å². The molecule has 0 aliphatic carbocycles. The van der Waals surface area contributed by atoms with Crippen molar-refractivity contribution >= 4 is 32.3 Å². The lowest BCUT2D eigenvalue weighted by molar-refractivity contribution is 1.01. The van der Waals surface area contributed by atoms with E-state index < -0.39 is 0 Å². The molecule has 0 radical (unpaired) electrons. The average molecular weight is 323 g/mol. The quantitative estimate of drug-likeness (QED) is 0.486. The summed E-state index contributed by atoms with van der Waals surface area (Å²) in [6.07, 6.45) is 0. The maximum Gasteiger partial charge on any atom is 0.108 e. The van der Waals surface area contributed by atoms with Crippen molar-refractivity contribution in [3.63, 3.8) is 0 Å². The molecule has 3 heteroatoms. The van der Waals surface area contributed by atoms with Crippen LogP contribution in [0.25, 0.3) is 27.7 Å². The third kappa shape index (κ3) is 1.67. The normalized spacial score (nSPS) is 11.2. The average Bonchev–Trinajstić information content (AvgIpc) is 2.86. The molecule has 0 N–H and O–H groups in total. The summed E-state index contributed by atoms with van der Waals surface area (Å²) in [4.78, 5) is 0. The van der Waals surface area contributed by atoms with E-state index in [0.717, 1.165) is 26.8 Å². The van der Waals surface area contributed by atoms with Crippen molar-refractivity contribution in [2.45, 2.75) is 0 Å². The van der Waals surface area contributed by atoms with Gasteiger partial charge in [0.05, 0.1) is 15.5 Å². The molecule has 4 rings (SSSR count). The zero-order chi connectivity index (χ0) is 13.5. The number of para-hydroxylation sites is 1. The summed E-state index contributed by atoms with van der Waals surface area (Å²) in [6.45, 7) is 0. The molecule has 4 aromatic rings. The topological polar surface area (TPSA) is 17.3 Å². The molecule has 0 atom stereocenters. The fourth-order valence-corrected chi connectivity index (χ4v) is 3.12. The van der Waals surface area contributed by atoms with Crippen LogP contribution >= 0.6 is 15.9 Å². The van der Waals surface area contributed by atoms with Crippen LogP contribution in [0, 0.1) is 0 Å². The first-order valence-corrected chi connectivity index (χ1v) is 7.25. The van der Waals surface area contributed by atoms with Gasteiger partial charge < -0.3 is 0 Å². The first-order valence-electron chi connectivity index (χ1n) is 6.46. The summed E-state index contributed by atoms with van der Waals surface area (Å²) in [6, 6.07) is 22.8. The van der Waals surface area contributed by atoms with Gasteiger partial charge in [0.25, 0.3) is 0 Å². The van der Waals surface area contributed by atoms with Gasteiger partial charge in [0.2, 0.25) is 0 Å². The number of benzene rings is 2. The molecule has 0 aliphatic rings. The SMILES string of the molecule is Brc1c(-c2ccccc2)nn2c1ccc1ccccc12. The molecule has 0 aliphatic heterocycles. The number of pyridine rings is 1. The zero-order valence-corrected chi connectivity index (χ0v) is 12.2. The van der Waals surface area contributed by atoms with E-state index in [-0.39, 0.29) is 0 Å². The molecule has 0 saturated carbocycles. The van der Waals surface area contributed by atoms with E-state index >= 15 is 0 Å². The van der Waals surface area contributed by atoms with Crippen molar-refractivity contribution in [1.29, 1.82) is 0 Å². The van der Waals surface area contributed by atoms with Crippen LogP contribution in [0.4, 0.5) is 0 Å². The first-order chi connectivity index (χ1) is 9.84. The Morgan fingerprint density at radius 2 is 1.50 bits per heavy atom. The zero-order valence-electron chi connectivity index (χ0n) is 10.6. The van der Waals surface area contributed by atoms with Crippen molar-refractivity contribution in [3.05, 3.63) is 71.2 Å². The van der Waals surface area contributed by atoms with E-state index in [4.69, 9.17) is 5.10 Å². The van der Waals surface area contributed by atoms with Crippen LogP contribution in [0.1, 0.15) is 0 Å². The van der Waals surface area contributed by atoms with Gasteiger partial charge in [-0.2, -0.15) is 5.10 Å². The molecular formula is C17H11BrN2. The minimum absolute atomic E-state index is 0.974. The lowest BCUT2D eigenvalue weighted by Gasteiger charge is -2.00. The second-order valence-corrected chi connectivity index (χ2v) is 5.51. The van der Waals surface area contributed by atoms with Gasteiger partial charge in [-0.05, 0) is 28.1 Å². The molecule has 96 valence electrons. The Bertz CT molecular complexity index is 910. The number of halogens is 1. The molecular weight excluding hydrogens is 312 g/mol. The number of aromatic nitrogens is 2. The number of nitrogens with zero attached hydrogens (tertiary/aromatic N) is 2. The van der Waals surface area contributed by atoms with Gasteiger partial charge in [-0.3, -0.25) is 0 Å². The van der Waals surface area contributed by atoms with E-state index in [9.17, 15) is 0 Å². The summed E-state index contributed by atoms with van der Waals surface area (Å²) >= 11 is 3.69. The summed E-state index contributed by atoms with van der Waals surface area (Å²) in [5, 5.41) is 5.97. The predicted molar refractivity (Wildman–Crippen MR) is 85.8 cm³/mol. The second kappa shape index (κ2) is 4.46.